The van der Waals surface area contributed by atoms with Crippen LogP contribution in [0.1, 0.15) is 39.5 Å². The van der Waals surface area contributed by atoms with Crippen LogP contribution < -0.4 is 10.1 Å². The van der Waals surface area contributed by atoms with Gasteiger partial charge in [-0.2, -0.15) is 0 Å². The van der Waals surface area contributed by atoms with Crippen molar-refractivity contribution in [2.24, 2.45) is 0 Å². The Morgan fingerprint density at radius 3 is 2.70 bits per heavy atom. The molecule has 0 saturated heterocycles. The molecule has 1 amide bonds. The van der Waals surface area contributed by atoms with Crippen molar-refractivity contribution in [1.29, 1.82) is 0 Å². The van der Waals surface area contributed by atoms with E-state index in [1.54, 1.807) is 13.0 Å². The Hall–Kier alpha value is -2.11. The number of nitrogens with one attached hydrogen (secondary N) is 1. The number of ether oxygens (including phenoxy) is 1. The molecule has 0 aliphatic rings. The molecule has 1 aromatic rings. The lowest BCUT2D eigenvalue weighted by molar-refractivity contribution is -0.384. The third kappa shape index (κ3) is 4.87. The number of nitro benzene ring substituents is 1. The maximum atomic E-state index is 11.7. The molecule has 0 unspecified atom stereocenters. The summed E-state index contributed by atoms with van der Waals surface area (Å²) < 4.78 is 5.22. The van der Waals surface area contributed by atoms with Gasteiger partial charge < -0.3 is 10.1 Å². The van der Waals surface area contributed by atoms with Crippen LogP contribution in [0.3, 0.4) is 0 Å². The van der Waals surface area contributed by atoms with Gasteiger partial charge >= 0.3 is 0 Å². The van der Waals surface area contributed by atoms with Gasteiger partial charge in [-0.1, -0.05) is 19.8 Å². The summed E-state index contributed by atoms with van der Waals surface area (Å²) in [5.74, 6) is 0.217. The van der Waals surface area contributed by atoms with E-state index < -0.39 is 4.92 Å². The van der Waals surface area contributed by atoms with E-state index in [0.717, 1.165) is 19.3 Å². The van der Waals surface area contributed by atoms with E-state index in [1.165, 1.54) is 12.1 Å². The van der Waals surface area contributed by atoms with Gasteiger partial charge in [0, 0.05) is 6.42 Å². The summed E-state index contributed by atoms with van der Waals surface area (Å²) in [6, 6.07) is 4.43. The van der Waals surface area contributed by atoms with Crippen LogP contribution in [0.15, 0.2) is 18.2 Å². The van der Waals surface area contributed by atoms with Gasteiger partial charge in [0.25, 0.3) is 5.69 Å². The summed E-state index contributed by atoms with van der Waals surface area (Å²) in [5.41, 5.74) is 0.0553. The van der Waals surface area contributed by atoms with Crippen molar-refractivity contribution in [2.75, 3.05) is 11.9 Å². The molecule has 110 valence electrons. The molecule has 0 bridgehead atoms. The lowest BCUT2D eigenvalue weighted by Crippen LogP contribution is -2.12. The van der Waals surface area contributed by atoms with Gasteiger partial charge in [-0.15, -0.1) is 0 Å². The molecule has 0 atom stereocenters. The van der Waals surface area contributed by atoms with Gasteiger partial charge in [-0.3, -0.25) is 14.9 Å². The maximum Gasteiger partial charge on any atom is 0.296 e. The quantitative estimate of drug-likeness (QED) is 0.449. The third-order valence-electron chi connectivity index (χ3n) is 2.76. The first-order chi connectivity index (χ1) is 9.58. The Kier molecular flexibility index (Phi) is 6.49. The van der Waals surface area contributed by atoms with Crippen molar-refractivity contribution in [3.8, 4) is 5.75 Å². The van der Waals surface area contributed by atoms with Crippen LogP contribution in [0.4, 0.5) is 11.4 Å². The monoisotopic (exact) mass is 280 g/mol. The van der Waals surface area contributed by atoms with Gasteiger partial charge in [-0.05, 0) is 25.5 Å². The average Bonchev–Trinajstić information content (AvgIpc) is 2.41. The second-order valence-electron chi connectivity index (χ2n) is 4.37. The Balaban J connectivity index is 2.78. The number of hydrogen-bond donors (Lipinski definition) is 1. The number of rotatable bonds is 8. The summed E-state index contributed by atoms with van der Waals surface area (Å²) in [7, 11) is 0. The van der Waals surface area contributed by atoms with E-state index in [9.17, 15) is 14.9 Å². The largest absolute Gasteiger partial charge is 0.494 e. The molecule has 0 heterocycles. The van der Waals surface area contributed by atoms with Crippen LogP contribution in [-0.2, 0) is 4.79 Å². The topological polar surface area (TPSA) is 81.5 Å². The standard InChI is InChI=1S/C14H20N2O4/c1-3-5-6-7-14(17)15-12-9-8-11(20-4-2)10-13(12)16(18)19/h8-10H,3-7H2,1-2H3,(H,15,17). The zero-order chi connectivity index (χ0) is 15.0. The molecule has 0 spiro atoms. The number of unbranched alkanes of at least 4 members (excludes halogenated alkanes) is 2. The highest BCUT2D eigenvalue weighted by Gasteiger charge is 2.17. The van der Waals surface area contributed by atoms with Crippen molar-refractivity contribution in [1.82, 2.24) is 0 Å². The number of carbonyl (C=O) groups is 1. The minimum absolute atomic E-state index is 0.153. The fourth-order valence-corrected chi connectivity index (χ4v) is 1.77. The molecule has 1 aromatic carbocycles. The minimum atomic E-state index is -0.524. The van der Waals surface area contributed by atoms with Crippen LogP contribution in [-0.4, -0.2) is 17.4 Å². The molecule has 6 nitrogen and oxygen atoms in total. The summed E-state index contributed by atoms with van der Waals surface area (Å²) >= 11 is 0. The first kappa shape index (κ1) is 15.9. The summed E-state index contributed by atoms with van der Waals surface area (Å²) in [5, 5.41) is 13.6. The van der Waals surface area contributed by atoms with Crippen LogP contribution in [0.25, 0.3) is 0 Å². The molecule has 1 N–H and O–H groups in total. The van der Waals surface area contributed by atoms with Crippen LogP contribution in [0.2, 0.25) is 0 Å². The summed E-state index contributed by atoms with van der Waals surface area (Å²) in [4.78, 5) is 22.2. The normalized spacial score (nSPS) is 10.1. The van der Waals surface area contributed by atoms with Crippen molar-refractivity contribution in [3.63, 3.8) is 0 Å². The summed E-state index contributed by atoms with van der Waals surface area (Å²) in [6.45, 7) is 4.28. The van der Waals surface area contributed by atoms with Gasteiger partial charge in [0.1, 0.15) is 11.4 Å². The van der Waals surface area contributed by atoms with Gasteiger partial charge in [0.05, 0.1) is 17.6 Å². The summed E-state index contributed by atoms with van der Waals surface area (Å²) in [6.07, 6.45) is 3.15. The van der Waals surface area contributed by atoms with Crippen LogP contribution >= 0.6 is 0 Å². The molecular formula is C14H20N2O4. The predicted molar refractivity (Wildman–Crippen MR) is 77.0 cm³/mol. The molecular weight excluding hydrogens is 260 g/mol. The van der Waals surface area contributed by atoms with Crippen molar-refractivity contribution >= 4 is 17.3 Å². The van der Waals surface area contributed by atoms with E-state index in [-0.39, 0.29) is 17.3 Å². The highest BCUT2D eigenvalue weighted by Crippen LogP contribution is 2.29. The lowest BCUT2D eigenvalue weighted by atomic mass is 10.2. The minimum Gasteiger partial charge on any atom is -0.494 e. The van der Waals surface area contributed by atoms with Crippen molar-refractivity contribution in [3.05, 3.63) is 28.3 Å². The first-order valence-electron chi connectivity index (χ1n) is 6.79. The molecule has 20 heavy (non-hydrogen) atoms. The van der Waals surface area contributed by atoms with Crippen LogP contribution in [0.5, 0.6) is 5.75 Å². The van der Waals surface area contributed by atoms with Crippen molar-refractivity contribution < 1.29 is 14.5 Å². The van der Waals surface area contributed by atoms with Gasteiger partial charge in [0.2, 0.25) is 5.91 Å². The highest BCUT2D eigenvalue weighted by atomic mass is 16.6. The molecule has 0 fully saturated rings. The SMILES string of the molecule is CCCCCC(=O)Nc1ccc(OCC)cc1[N+](=O)[O-]. The first-order valence-corrected chi connectivity index (χ1v) is 6.79. The second kappa shape index (κ2) is 8.14. The van der Waals surface area contributed by atoms with Crippen LogP contribution in [0, 0.1) is 10.1 Å². The Labute approximate surface area is 118 Å². The zero-order valence-electron chi connectivity index (χ0n) is 11.8. The number of amides is 1. The fraction of sp³-hybridized carbons (Fsp3) is 0.500. The van der Waals surface area contributed by atoms with E-state index in [0.29, 0.717) is 18.8 Å². The second-order valence-corrected chi connectivity index (χ2v) is 4.37. The number of anilines is 1. The van der Waals surface area contributed by atoms with Gasteiger partial charge in [0.15, 0.2) is 0 Å². The number of hydrogen-bond acceptors (Lipinski definition) is 4. The van der Waals surface area contributed by atoms with Gasteiger partial charge in [-0.25, -0.2) is 0 Å². The number of carbonyl (C=O) groups excluding carboxylic acids is 1. The number of nitrogens with zero attached hydrogens (tertiary/aromatic N) is 1. The molecule has 0 radical (unpaired) electrons. The number of benzene rings is 1. The molecule has 0 aliphatic carbocycles. The Morgan fingerprint density at radius 2 is 2.10 bits per heavy atom. The highest BCUT2D eigenvalue weighted by molar-refractivity contribution is 5.93. The average molecular weight is 280 g/mol. The molecule has 0 aromatic heterocycles. The molecule has 6 heteroatoms. The van der Waals surface area contributed by atoms with E-state index >= 15 is 0 Å². The molecule has 1 rings (SSSR count). The predicted octanol–water partition coefficient (Wildman–Crippen LogP) is 3.51. The fourth-order valence-electron chi connectivity index (χ4n) is 1.77. The smallest absolute Gasteiger partial charge is 0.296 e. The Bertz CT molecular complexity index is 474. The number of nitro groups is 1. The van der Waals surface area contributed by atoms with E-state index in [1.807, 2.05) is 0 Å². The third-order valence-corrected chi connectivity index (χ3v) is 2.76. The van der Waals surface area contributed by atoms with E-state index in [4.69, 9.17) is 4.74 Å². The Morgan fingerprint density at radius 1 is 1.35 bits per heavy atom. The molecule has 0 saturated carbocycles. The van der Waals surface area contributed by atoms with E-state index in [2.05, 4.69) is 12.2 Å². The van der Waals surface area contributed by atoms with Crippen molar-refractivity contribution in [2.45, 2.75) is 39.5 Å². The maximum absolute atomic E-state index is 11.7. The zero-order valence-corrected chi connectivity index (χ0v) is 11.8. The lowest BCUT2D eigenvalue weighted by Gasteiger charge is -2.08. The molecule has 0 aliphatic heterocycles.